The summed E-state index contributed by atoms with van der Waals surface area (Å²) in [7, 11) is 0. The average Bonchev–Trinajstić information content (AvgIpc) is 3.47. The second kappa shape index (κ2) is 8.96. The van der Waals surface area contributed by atoms with E-state index in [0.29, 0.717) is 34.4 Å². The maximum Gasteiger partial charge on any atom is 0.256 e. The summed E-state index contributed by atoms with van der Waals surface area (Å²) in [6.07, 6.45) is 8.95. The normalized spacial score (nSPS) is 10.9. The van der Waals surface area contributed by atoms with Crippen LogP contribution in [0.15, 0.2) is 70.8 Å². The number of nitrogens with one attached hydrogen (secondary N) is 1. The van der Waals surface area contributed by atoms with Gasteiger partial charge < -0.3 is 14.3 Å². The van der Waals surface area contributed by atoms with Gasteiger partial charge in [0, 0.05) is 25.5 Å². The first-order valence-corrected chi connectivity index (χ1v) is 10.6. The van der Waals surface area contributed by atoms with Crippen LogP contribution >= 0.6 is 11.8 Å². The molecular weight excluding hydrogens is 398 g/mol. The van der Waals surface area contributed by atoms with Crippen molar-refractivity contribution in [3.63, 3.8) is 0 Å². The quantitative estimate of drug-likeness (QED) is 0.361. The van der Waals surface area contributed by atoms with Gasteiger partial charge in [-0.25, -0.2) is 15.0 Å². The minimum Gasteiger partial charge on any atom is -0.461 e. The van der Waals surface area contributed by atoms with E-state index in [1.807, 2.05) is 36.1 Å². The maximum atomic E-state index is 12.9. The van der Waals surface area contributed by atoms with Crippen molar-refractivity contribution in [2.45, 2.75) is 25.0 Å². The van der Waals surface area contributed by atoms with E-state index in [9.17, 15) is 4.79 Å². The Morgan fingerprint density at radius 3 is 2.63 bits per heavy atom. The SMILES string of the molecule is CSc1nc(-c2ccco2)nc(C)c1C(=O)NCc1ccc(Cn2ccnc2)cc1. The molecule has 4 aromatic rings. The van der Waals surface area contributed by atoms with Gasteiger partial charge in [0.2, 0.25) is 0 Å². The minimum atomic E-state index is -0.190. The molecule has 3 aromatic heterocycles. The van der Waals surface area contributed by atoms with Crippen LogP contribution in [0, 0.1) is 6.92 Å². The predicted octanol–water partition coefficient (Wildman–Crippen LogP) is 3.94. The zero-order valence-corrected chi connectivity index (χ0v) is 17.5. The highest BCUT2D eigenvalue weighted by Gasteiger charge is 2.19. The molecule has 0 unspecified atom stereocenters. The summed E-state index contributed by atoms with van der Waals surface area (Å²) in [5.41, 5.74) is 3.31. The van der Waals surface area contributed by atoms with Crippen LogP contribution in [0.3, 0.4) is 0 Å². The van der Waals surface area contributed by atoms with E-state index in [0.717, 1.165) is 12.1 Å². The molecule has 0 aliphatic carbocycles. The van der Waals surface area contributed by atoms with Gasteiger partial charge in [-0.3, -0.25) is 4.79 Å². The highest BCUT2D eigenvalue weighted by atomic mass is 32.2. The molecule has 1 N–H and O–H groups in total. The first-order valence-electron chi connectivity index (χ1n) is 9.42. The Hall–Kier alpha value is -3.39. The molecule has 1 amide bonds. The zero-order valence-electron chi connectivity index (χ0n) is 16.7. The molecule has 0 atom stereocenters. The molecule has 0 aliphatic heterocycles. The molecule has 0 aliphatic rings. The van der Waals surface area contributed by atoms with Gasteiger partial charge in [0.25, 0.3) is 5.91 Å². The van der Waals surface area contributed by atoms with Gasteiger partial charge in [-0.1, -0.05) is 24.3 Å². The molecule has 0 fully saturated rings. The molecule has 30 heavy (non-hydrogen) atoms. The van der Waals surface area contributed by atoms with Crippen LogP contribution in [0.25, 0.3) is 11.6 Å². The number of carbonyl (C=O) groups excluding carboxylic acids is 1. The van der Waals surface area contributed by atoms with Crippen molar-refractivity contribution in [3.05, 3.63) is 83.8 Å². The second-order valence-corrected chi connectivity index (χ2v) is 7.52. The van der Waals surface area contributed by atoms with Crippen molar-refractivity contribution < 1.29 is 9.21 Å². The summed E-state index contributed by atoms with van der Waals surface area (Å²) in [6, 6.07) is 11.7. The van der Waals surface area contributed by atoms with Crippen LogP contribution in [0.1, 0.15) is 27.2 Å². The van der Waals surface area contributed by atoms with E-state index in [1.165, 1.54) is 17.3 Å². The number of hydrogen-bond acceptors (Lipinski definition) is 6. The Bertz CT molecular complexity index is 1120. The van der Waals surface area contributed by atoms with E-state index in [1.54, 1.807) is 30.9 Å². The van der Waals surface area contributed by atoms with Gasteiger partial charge in [-0.15, -0.1) is 11.8 Å². The fourth-order valence-corrected chi connectivity index (χ4v) is 3.72. The number of benzene rings is 1. The van der Waals surface area contributed by atoms with Crippen LogP contribution < -0.4 is 5.32 Å². The molecule has 7 nitrogen and oxygen atoms in total. The van der Waals surface area contributed by atoms with Crippen molar-refractivity contribution in [2.24, 2.45) is 0 Å². The van der Waals surface area contributed by atoms with Crippen molar-refractivity contribution in [1.82, 2.24) is 24.8 Å². The third kappa shape index (κ3) is 4.44. The molecule has 1 aromatic carbocycles. The lowest BCUT2D eigenvalue weighted by atomic mass is 10.1. The standard InChI is InChI=1S/C22H21N5O2S/c1-15-19(22(30-2)26-20(25-15)18-4-3-11-29-18)21(28)24-12-16-5-7-17(8-6-16)13-27-10-9-23-14-27/h3-11,14H,12-13H2,1-2H3,(H,24,28). The molecule has 4 rings (SSSR count). The first kappa shape index (κ1) is 19.9. The zero-order chi connectivity index (χ0) is 20.9. The van der Waals surface area contributed by atoms with Gasteiger partial charge in [-0.2, -0.15) is 0 Å². The third-order valence-corrected chi connectivity index (χ3v) is 5.30. The first-order chi connectivity index (χ1) is 14.6. The number of nitrogens with zero attached hydrogens (tertiary/aromatic N) is 4. The number of carbonyl (C=O) groups is 1. The fourth-order valence-electron chi connectivity index (χ4n) is 3.10. The highest BCUT2D eigenvalue weighted by Crippen LogP contribution is 2.25. The number of rotatable bonds is 7. The molecule has 0 radical (unpaired) electrons. The van der Waals surface area contributed by atoms with Gasteiger partial charge >= 0.3 is 0 Å². The van der Waals surface area contributed by atoms with Crippen molar-refractivity contribution in [3.8, 4) is 11.6 Å². The second-order valence-electron chi connectivity index (χ2n) is 6.73. The van der Waals surface area contributed by atoms with E-state index >= 15 is 0 Å². The Balaban J connectivity index is 1.45. The van der Waals surface area contributed by atoms with Crippen LogP contribution in [0.2, 0.25) is 0 Å². The van der Waals surface area contributed by atoms with Gasteiger partial charge in [-0.05, 0) is 36.4 Å². The molecule has 0 saturated heterocycles. The molecular formula is C22H21N5O2S. The number of aromatic nitrogens is 4. The molecule has 152 valence electrons. The number of amides is 1. The number of furan rings is 1. The van der Waals surface area contributed by atoms with Crippen molar-refractivity contribution in [1.29, 1.82) is 0 Å². The van der Waals surface area contributed by atoms with Crippen LogP contribution in [-0.2, 0) is 13.1 Å². The summed E-state index contributed by atoms with van der Waals surface area (Å²) in [6.45, 7) is 3.01. The summed E-state index contributed by atoms with van der Waals surface area (Å²) < 4.78 is 7.39. The molecule has 0 bridgehead atoms. The summed E-state index contributed by atoms with van der Waals surface area (Å²) >= 11 is 1.41. The topological polar surface area (TPSA) is 85.8 Å². The van der Waals surface area contributed by atoms with Crippen LogP contribution in [0.5, 0.6) is 0 Å². The Morgan fingerprint density at radius 1 is 1.17 bits per heavy atom. The number of hydrogen-bond donors (Lipinski definition) is 1. The third-order valence-electron chi connectivity index (χ3n) is 4.62. The minimum absolute atomic E-state index is 0.190. The average molecular weight is 420 g/mol. The van der Waals surface area contributed by atoms with Gasteiger partial charge in [0.1, 0.15) is 5.03 Å². The largest absolute Gasteiger partial charge is 0.461 e. The van der Waals surface area contributed by atoms with E-state index in [2.05, 4.69) is 32.4 Å². The highest BCUT2D eigenvalue weighted by molar-refractivity contribution is 7.98. The molecule has 3 heterocycles. The smallest absolute Gasteiger partial charge is 0.256 e. The van der Waals surface area contributed by atoms with E-state index in [-0.39, 0.29) is 5.91 Å². The Morgan fingerprint density at radius 2 is 1.97 bits per heavy atom. The van der Waals surface area contributed by atoms with Crippen molar-refractivity contribution >= 4 is 17.7 Å². The van der Waals surface area contributed by atoms with Crippen LogP contribution in [0.4, 0.5) is 0 Å². The Kier molecular flexibility index (Phi) is 5.94. The summed E-state index contributed by atoms with van der Waals surface area (Å²) in [4.78, 5) is 25.9. The summed E-state index contributed by atoms with van der Waals surface area (Å²) in [5.74, 6) is 0.869. The predicted molar refractivity (Wildman–Crippen MR) is 115 cm³/mol. The van der Waals surface area contributed by atoms with E-state index in [4.69, 9.17) is 4.42 Å². The van der Waals surface area contributed by atoms with Crippen molar-refractivity contribution in [2.75, 3.05) is 6.26 Å². The molecule has 8 heteroatoms. The fraction of sp³-hybridized carbons (Fsp3) is 0.182. The maximum absolute atomic E-state index is 12.9. The number of imidazole rings is 1. The Labute approximate surface area is 178 Å². The molecule has 0 spiro atoms. The molecule has 0 saturated carbocycles. The van der Waals surface area contributed by atoms with Gasteiger partial charge in [0.05, 0.1) is 23.8 Å². The lowest BCUT2D eigenvalue weighted by Gasteiger charge is -2.12. The van der Waals surface area contributed by atoms with Crippen LogP contribution in [-0.4, -0.2) is 31.7 Å². The monoisotopic (exact) mass is 419 g/mol. The lowest BCUT2D eigenvalue weighted by Crippen LogP contribution is -2.25. The van der Waals surface area contributed by atoms with Gasteiger partial charge in [0.15, 0.2) is 11.6 Å². The summed E-state index contributed by atoms with van der Waals surface area (Å²) in [5, 5.41) is 3.61. The number of thioether (sulfide) groups is 1. The number of aryl methyl sites for hydroxylation is 1. The lowest BCUT2D eigenvalue weighted by molar-refractivity contribution is 0.0946. The van der Waals surface area contributed by atoms with E-state index < -0.39 is 0 Å².